The van der Waals surface area contributed by atoms with Crippen molar-refractivity contribution < 1.29 is 19.4 Å². The molecule has 0 amide bonds. The molecule has 2 aliphatic rings. The maximum absolute atomic E-state index is 11.7. The van der Waals surface area contributed by atoms with Gasteiger partial charge in [-0.2, -0.15) is 0 Å². The number of carboxylic acids is 1. The van der Waals surface area contributed by atoms with E-state index < -0.39 is 11.4 Å². The minimum atomic E-state index is -0.805. The van der Waals surface area contributed by atoms with E-state index in [1.807, 2.05) is 0 Å². The normalized spacial score (nSPS) is 35.5. The number of carbonyl (C=O) groups is 2. The average Bonchev–Trinajstić information content (AvgIpc) is 2.53. The molecular formula is C11H16O4. The molecule has 1 aliphatic heterocycles. The molecular weight excluding hydrogens is 196 g/mol. The van der Waals surface area contributed by atoms with E-state index in [-0.39, 0.29) is 18.3 Å². The zero-order chi connectivity index (χ0) is 10.9. The maximum atomic E-state index is 11.7. The van der Waals surface area contributed by atoms with Gasteiger partial charge in [0.15, 0.2) is 0 Å². The Balaban J connectivity index is 2.18. The Morgan fingerprint density at radius 2 is 2.27 bits per heavy atom. The molecule has 0 aromatic rings. The van der Waals surface area contributed by atoms with E-state index in [2.05, 4.69) is 0 Å². The quantitative estimate of drug-likeness (QED) is 0.706. The topological polar surface area (TPSA) is 63.6 Å². The van der Waals surface area contributed by atoms with E-state index in [0.29, 0.717) is 13.0 Å². The van der Waals surface area contributed by atoms with E-state index in [0.717, 1.165) is 25.7 Å². The SMILES string of the molecule is O=C(O)C[C@H]1CCCC[C@]12CCOC2=O. The van der Waals surface area contributed by atoms with Crippen molar-refractivity contribution in [1.29, 1.82) is 0 Å². The van der Waals surface area contributed by atoms with Gasteiger partial charge in [0.05, 0.1) is 12.0 Å². The monoisotopic (exact) mass is 212 g/mol. The molecule has 1 N–H and O–H groups in total. The largest absolute Gasteiger partial charge is 0.481 e. The summed E-state index contributed by atoms with van der Waals surface area (Å²) < 4.78 is 5.03. The van der Waals surface area contributed by atoms with Crippen LogP contribution in [0.2, 0.25) is 0 Å². The van der Waals surface area contributed by atoms with Crippen LogP contribution in [0.1, 0.15) is 38.5 Å². The predicted molar refractivity (Wildman–Crippen MR) is 52.2 cm³/mol. The molecule has 15 heavy (non-hydrogen) atoms. The molecule has 1 heterocycles. The van der Waals surface area contributed by atoms with E-state index in [1.165, 1.54) is 0 Å². The number of cyclic esters (lactones) is 1. The summed E-state index contributed by atoms with van der Waals surface area (Å²) in [5, 5.41) is 8.84. The second kappa shape index (κ2) is 3.83. The minimum absolute atomic E-state index is 0.0150. The number of aliphatic carboxylic acids is 1. The van der Waals surface area contributed by atoms with Crippen LogP contribution in [0.25, 0.3) is 0 Å². The Labute approximate surface area is 88.6 Å². The molecule has 1 saturated heterocycles. The number of ether oxygens (including phenoxy) is 1. The van der Waals surface area contributed by atoms with E-state index in [4.69, 9.17) is 9.84 Å². The van der Waals surface area contributed by atoms with Gasteiger partial charge in [0, 0.05) is 6.42 Å². The van der Waals surface area contributed by atoms with Gasteiger partial charge in [-0.15, -0.1) is 0 Å². The minimum Gasteiger partial charge on any atom is -0.481 e. The molecule has 0 aromatic heterocycles. The van der Waals surface area contributed by atoms with Crippen molar-refractivity contribution in [3.05, 3.63) is 0 Å². The molecule has 2 fully saturated rings. The van der Waals surface area contributed by atoms with Gasteiger partial charge in [0.2, 0.25) is 0 Å². The fraction of sp³-hybridized carbons (Fsp3) is 0.818. The molecule has 4 heteroatoms. The van der Waals surface area contributed by atoms with E-state index in [9.17, 15) is 9.59 Å². The van der Waals surface area contributed by atoms with Gasteiger partial charge in [0.25, 0.3) is 0 Å². The highest BCUT2D eigenvalue weighted by Gasteiger charge is 2.51. The fourth-order valence-corrected chi connectivity index (χ4v) is 2.99. The Kier molecular flexibility index (Phi) is 2.67. The summed E-state index contributed by atoms with van der Waals surface area (Å²) in [6.07, 6.45) is 4.53. The number of esters is 1. The second-order valence-corrected chi connectivity index (χ2v) is 4.58. The van der Waals surface area contributed by atoms with Crippen molar-refractivity contribution in [2.45, 2.75) is 38.5 Å². The predicted octanol–water partition coefficient (Wildman–Crippen LogP) is 1.58. The fourth-order valence-electron chi connectivity index (χ4n) is 2.99. The van der Waals surface area contributed by atoms with Crippen LogP contribution < -0.4 is 0 Å². The van der Waals surface area contributed by atoms with Gasteiger partial charge < -0.3 is 9.84 Å². The van der Waals surface area contributed by atoms with Crippen molar-refractivity contribution in [3.8, 4) is 0 Å². The van der Waals surface area contributed by atoms with Gasteiger partial charge in [-0.05, 0) is 25.2 Å². The summed E-state index contributed by atoms with van der Waals surface area (Å²) in [6, 6.07) is 0. The highest BCUT2D eigenvalue weighted by Crippen LogP contribution is 2.49. The third kappa shape index (κ3) is 1.73. The van der Waals surface area contributed by atoms with Crippen LogP contribution in [-0.2, 0) is 14.3 Å². The van der Waals surface area contributed by atoms with E-state index >= 15 is 0 Å². The molecule has 84 valence electrons. The summed E-state index contributed by atoms with van der Waals surface area (Å²) in [5.41, 5.74) is -0.462. The highest BCUT2D eigenvalue weighted by molar-refractivity contribution is 5.80. The maximum Gasteiger partial charge on any atom is 0.312 e. The summed E-state index contributed by atoms with van der Waals surface area (Å²) in [4.78, 5) is 22.5. The summed E-state index contributed by atoms with van der Waals surface area (Å²) >= 11 is 0. The Hall–Kier alpha value is -1.06. The lowest BCUT2D eigenvalue weighted by molar-refractivity contribution is -0.152. The van der Waals surface area contributed by atoms with Gasteiger partial charge in [-0.25, -0.2) is 0 Å². The van der Waals surface area contributed by atoms with Gasteiger partial charge in [-0.3, -0.25) is 9.59 Å². The van der Waals surface area contributed by atoms with Crippen LogP contribution in [0.4, 0.5) is 0 Å². The van der Waals surface area contributed by atoms with Crippen molar-refractivity contribution >= 4 is 11.9 Å². The molecule has 1 spiro atoms. The van der Waals surface area contributed by atoms with Crippen LogP contribution >= 0.6 is 0 Å². The van der Waals surface area contributed by atoms with Gasteiger partial charge >= 0.3 is 11.9 Å². The van der Waals surface area contributed by atoms with Crippen LogP contribution in [0, 0.1) is 11.3 Å². The molecule has 0 radical (unpaired) electrons. The standard InChI is InChI=1S/C11H16O4/c12-9(13)7-8-3-1-2-4-11(8)5-6-15-10(11)14/h8H,1-7H2,(H,12,13)/t8-,11+/m1/s1. The van der Waals surface area contributed by atoms with Gasteiger partial charge in [0.1, 0.15) is 0 Å². The Morgan fingerprint density at radius 1 is 1.47 bits per heavy atom. The van der Waals surface area contributed by atoms with Crippen LogP contribution in [0.5, 0.6) is 0 Å². The Bertz CT molecular complexity index is 286. The molecule has 2 atom stereocenters. The van der Waals surface area contributed by atoms with Crippen LogP contribution in [0.3, 0.4) is 0 Å². The smallest absolute Gasteiger partial charge is 0.312 e. The first-order chi connectivity index (χ1) is 7.15. The highest BCUT2D eigenvalue weighted by atomic mass is 16.5. The number of carbonyl (C=O) groups excluding carboxylic acids is 1. The molecule has 0 aromatic carbocycles. The number of hydrogen-bond donors (Lipinski definition) is 1. The first-order valence-electron chi connectivity index (χ1n) is 5.54. The van der Waals surface area contributed by atoms with Gasteiger partial charge in [-0.1, -0.05) is 12.8 Å². The third-order valence-electron chi connectivity index (χ3n) is 3.82. The molecule has 1 saturated carbocycles. The lowest BCUT2D eigenvalue weighted by Gasteiger charge is -2.37. The first-order valence-corrected chi connectivity index (χ1v) is 5.54. The summed E-state index contributed by atoms with van der Waals surface area (Å²) in [5.74, 6) is -0.979. The van der Waals surface area contributed by atoms with Crippen molar-refractivity contribution in [2.75, 3.05) is 6.61 Å². The van der Waals surface area contributed by atoms with Crippen LogP contribution in [-0.4, -0.2) is 23.7 Å². The third-order valence-corrected chi connectivity index (χ3v) is 3.82. The molecule has 4 nitrogen and oxygen atoms in total. The average molecular weight is 212 g/mol. The van der Waals surface area contributed by atoms with E-state index in [1.54, 1.807) is 0 Å². The zero-order valence-corrected chi connectivity index (χ0v) is 8.70. The molecule has 2 rings (SSSR count). The number of rotatable bonds is 2. The molecule has 1 aliphatic carbocycles. The Morgan fingerprint density at radius 3 is 2.87 bits per heavy atom. The molecule has 0 unspecified atom stereocenters. The van der Waals surface area contributed by atoms with Crippen molar-refractivity contribution in [2.24, 2.45) is 11.3 Å². The first kappa shape index (κ1) is 10.5. The zero-order valence-electron chi connectivity index (χ0n) is 8.70. The summed E-state index contributed by atoms with van der Waals surface area (Å²) in [7, 11) is 0. The number of hydrogen-bond acceptors (Lipinski definition) is 3. The van der Waals surface area contributed by atoms with Crippen LogP contribution in [0.15, 0.2) is 0 Å². The molecule has 0 bridgehead atoms. The summed E-state index contributed by atoms with van der Waals surface area (Å²) in [6.45, 7) is 0.467. The lowest BCUT2D eigenvalue weighted by atomic mass is 9.64. The van der Waals surface area contributed by atoms with Crippen molar-refractivity contribution in [3.63, 3.8) is 0 Å². The number of carboxylic acid groups (broad SMARTS) is 1. The van der Waals surface area contributed by atoms with Crippen molar-refractivity contribution in [1.82, 2.24) is 0 Å². The second-order valence-electron chi connectivity index (χ2n) is 4.58. The lowest BCUT2D eigenvalue weighted by Crippen LogP contribution is -2.39.